The van der Waals surface area contributed by atoms with Crippen molar-refractivity contribution < 1.29 is 9.53 Å². The molecule has 0 aliphatic carbocycles. The number of hydrogen-bond acceptors (Lipinski definition) is 3. The first-order chi connectivity index (χ1) is 7.74. The van der Waals surface area contributed by atoms with Gasteiger partial charge in [0, 0.05) is 26.7 Å². The minimum atomic E-state index is 0.0500. The molecule has 1 aliphatic rings. The zero-order valence-corrected chi connectivity index (χ0v) is 9.74. The second-order valence-corrected chi connectivity index (χ2v) is 3.71. The number of nitrogens with one attached hydrogen (secondary N) is 1. The van der Waals surface area contributed by atoms with Gasteiger partial charge in [0.15, 0.2) is 5.96 Å². The minimum absolute atomic E-state index is 0.0500. The number of nitrogens with two attached hydrogens (primary N) is 1. The molecule has 1 rings (SSSR count). The average Bonchev–Trinajstić information content (AvgIpc) is 2.79. The monoisotopic (exact) mass is 228 g/mol. The number of nitrogens with zero attached hydrogens (tertiary/aromatic N) is 2. The van der Waals surface area contributed by atoms with Crippen molar-refractivity contribution in [1.29, 1.82) is 0 Å². The van der Waals surface area contributed by atoms with Gasteiger partial charge in [-0.25, -0.2) is 4.99 Å². The summed E-state index contributed by atoms with van der Waals surface area (Å²) >= 11 is 0. The van der Waals surface area contributed by atoms with Crippen LogP contribution in [0.3, 0.4) is 0 Å². The molecule has 6 nitrogen and oxygen atoms in total. The van der Waals surface area contributed by atoms with Crippen LogP contribution in [0.5, 0.6) is 0 Å². The average molecular weight is 228 g/mol. The lowest BCUT2D eigenvalue weighted by molar-refractivity contribution is -0.128. The third-order valence-corrected chi connectivity index (χ3v) is 2.46. The van der Waals surface area contributed by atoms with Crippen LogP contribution in [0.15, 0.2) is 4.99 Å². The molecule has 6 heteroatoms. The molecule has 0 saturated carbocycles. The van der Waals surface area contributed by atoms with Crippen molar-refractivity contribution in [2.45, 2.75) is 12.8 Å². The molecule has 0 unspecified atom stereocenters. The van der Waals surface area contributed by atoms with Gasteiger partial charge in [0.25, 0.3) is 0 Å². The molecule has 0 spiro atoms. The summed E-state index contributed by atoms with van der Waals surface area (Å²) in [5, 5.41) is 2.86. The maximum Gasteiger partial charge on any atom is 0.244 e. The fraction of sp³-hybridized carbons (Fsp3) is 0.800. The highest BCUT2D eigenvalue weighted by atomic mass is 16.5. The Hall–Kier alpha value is -1.30. The number of rotatable bonds is 5. The molecule has 16 heavy (non-hydrogen) atoms. The summed E-state index contributed by atoms with van der Waals surface area (Å²) in [6.07, 6.45) is 2.19. The summed E-state index contributed by atoms with van der Waals surface area (Å²) < 4.78 is 4.85. The van der Waals surface area contributed by atoms with E-state index in [4.69, 9.17) is 10.5 Å². The molecule has 1 amide bonds. The second-order valence-electron chi connectivity index (χ2n) is 3.71. The quantitative estimate of drug-likeness (QED) is 0.365. The van der Waals surface area contributed by atoms with Crippen molar-refractivity contribution in [2.75, 3.05) is 39.9 Å². The number of likely N-dealkylation sites (tertiary alicyclic amines) is 1. The number of carbonyl (C=O) groups excluding carboxylic acids is 1. The molecular weight excluding hydrogens is 208 g/mol. The van der Waals surface area contributed by atoms with Crippen molar-refractivity contribution >= 4 is 11.9 Å². The number of ether oxygens (including phenoxy) is 1. The third-order valence-electron chi connectivity index (χ3n) is 2.46. The van der Waals surface area contributed by atoms with Crippen LogP contribution in [-0.2, 0) is 9.53 Å². The molecule has 1 aliphatic heterocycles. The van der Waals surface area contributed by atoms with E-state index in [0.717, 1.165) is 25.9 Å². The van der Waals surface area contributed by atoms with Crippen LogP contribution in [0.1, 0.15) is 12.8 Å². The van der Waals surface area contributed by atoms with Gasteiger partial charge in [-0.3, -0.25) is 4.79 Å². The van der Waals surface area contributed by atoms with E-state index >= 15 is 0 Å². The van der Waals surface area contributed by atoms with Gasteiger partial charge in [-0.1, -0.05) is 0 Å². The first-order valence-corrected chi connectivity index (χ1v) is 5.54. The van der Waals surface area contributed by atoms with Crippen molar-refractivity contribution in [2.24, 2.45) is 10.7 Å². The van der Waals surface area contributed by atoms with Crippen molar-refractivity contribution in [3.05, 3.63) is 0 Å². The highest BCUT2D eigenvalue weighted by Gasteiger charge is 2.16. The van der Waals surface area contributed by atoms with E-state index in [-0.39, 0.29) is 12.5 Å². The molecular formula is C10H20N4O2. The Labute approximate surface area is 95.8 Å². The van der Waals surface area contributed by atoms with Crippen molar-refractivity contribution in [3.63, 3.8) is 0 Å². The molecule has 1 saturated heterocycles. The van der Waals surface area contributed by atoms with Crippen molar-refractivity contribution in [1.82, 2.24) is 10.2 Å². The van der Waals surface area contributed by atoms with Crippen molar-refractivity contribution in [3.8, 4) is 0 Å². The summed E-state index contributed by atoms with van der Waals surface area (Å²) in [6.45, 7) is 3.00. The summed E-state index contributed by atoms with van der Waals surface area (Å²) in [7, 11) is 1.62. The highest BCUT2D eigenvalue weighted by molar-refractivity contribution is 5.84. The highest BCUT2D eigenvalue weighted by Crippen LogP contribution is 2.06. The zero-order valence-electron chi connectivity index (χ0n) is 9.74. The van der Waals surface area contributed by atoms with Crippen LogP contribution in [0.25, 0.3) is 0 Å². The predicted octanol–water partition coefficient (Wildman–Crippen LogP) is -0.840. The Morgan fingerprint density at radius 1 is 1.50 bits per heavy atom. The van der Waals surface area contributed by atoms with Gasteiger partial charge in [0.2, 0.25) is 5.91 Å². The summed E-state index contributed by atoms with van der Waals surface area (Å²) in [5.41, 5.74) is 5.57. The van der Waals surface area contributed by atoms with Crippen LogP contribution in [0.4, 0.5) is 0 Å². The fourth-order valence-corrected chi connectivity index (χ4v) is 1.56. The zero-order chi connectivity index (χ0) is 11.8. The number of methoxy groups -OCH3 is 1. The van der Waals surface area contributed by atoms with E-state index in [1.54, 1.807) is 7.11 Å². The number of hydrogen-bond donors (Lipinski definition) is 2. The van der Waals surface area contributed by atoms with E-state index in [9.17, 15) is 4.79 Å². The second kappa shape index (κ2) is 7.05. The van der Waals surface area contributed by atoms with Crippen LogP contribution in [-0.4, -0.2) is 56.7 Å². The van der Waals surface area contributed by atoms with Crippen LogP contribution >= 0.6 is 0 Å². The van der Waals surface area contributed by atoms with E-state index in [0.29, 0.717) is 19.1 Å². The maximum absolute atomic E-state index is 11.6. The molecule has 0 aromatic heterocycles. The molecule has 0 aromatic rings. The Bertz CT molecular complexity index is 249. The summed E-state index contributed by atoms with van der Waals surface area (Å²) in [5.74, 6) is 0.346. The summed E-state index contributed by atoms with van der Waals surface area (Å²) in [4.78, 5) is 17.4. The Balaban J connectivity index is 2.20. The lowest BCUT2D eigenvalue weighted by atomic mass is 10.4. The first kappa shape index (κ1) is 12.8. The molecule has 92 valence electrons. The number of aliphatic imine (C=N–C) groups is 1. The van der Waals surface area contributed by atoms with Gasteiger partial charge in [-0.05, 0) is 12.8 Å². The molecule has 3 N–H and O–H groups in total. The lowest BCUT2D eigenvalue weighted by Crippen LogP contribution is -2.36. The Kier molecular flexibility index (Phi) is 5.63. The van der Waals surface area contributed by atoms with Gasteiger partial charge < -0.3 is 20.7 Å². The van der Waals surface area contributed by atoms with Gasteiger partial charge >= 0.3 is 0 Å². The SMILES string of the molecule is COCCNC(N)=NCC(=O)N1CCCC1. The largest absolute Gasteiger partial charge is 0.383 e. The lowest BCUT2D eigenvalue weighted by Gasteiger charge is -2.13. The van der Waals surface area contributed by atoms with E-state index < -0.39 is 0 Å². The smallest absolute Gasteiger partial charge is 0.244 e. The number of amides is 1. The van der Waals surface area contributed by atoms with Gasteiger partial charge in [0.05, 0.1) is 6.61 Å². The van der Waals surface area contributed by atoms with Crippen LogP contribution < -0.4 is 11.1 Å². The minimum Gasteiger partial charge on any atom is -0.383 e. The van der Waals surface area contributed by atoms with E-state index in [1.807, 2.05) is 4.90 Å². The summed E-state index contributed by atoms with van der Waals surface area (Å²) in [6, 6.07) is 0. The molecule has 1 fully saturated rings. The number of carbonyl (C=O) groups is 1. The Morgan fingerprint density at radius 3 is 2.81 bits per heavy atom. The van der Waals surface area contributed by atoms with Gasteiger partial charge in [-0.2, -0.15) is 0 Å². The molecule has 0 aromatic carbocycles. The first-order valence-electron chi connectivity index (χ1n) is 5.54. The molecule has 0 atom stereocenters. The molecule has 0 radical (unpaired) electrons. The number of guanidine groups is 1. The van der Waals surface area contributed by atoms with Gasteiger partial charge in [0.1, 0.15) is 6.54 Å². The maximum atomic E-state index is 11.6. The topological polar surface area (TPSA) is 80.0 Å². The van der Waals surface area contributed by atoms with E-state index in [1.165, 1.54) is 0 Å². The van der Waals surface area contributed by atoms with Crippen LogP contribution in [0, 0.1) is 0 Å². The predicted molar refractivity (Wildman–Crippen MR) is 62.2 cm³/mol. The van der Waals surface area contributed by atoms with Gasteiger partial charge in [-0.15, -0.1) is 0 Å². The molecule has 0 bridgehead atoms. The standard InChI is InChI=1S/C10H20N4O2/c1-16-7-4-12-10(11)13-8-9(15)14-5-2-3-6-14/h2-8H2,1H3,(H3,11,12,13). The van der Waals surface area contributed by atoms with Crippen LogP contribution in [0.2, 0.25) is 0 Å². The Morgan fingerprint density at radius 2 is 2.19 bits per heavy atom. The third kappa shape index (κ3) is 4.48. The fourth-order valence-electron chi connectivity index (χ4n) is 1.56. The molecule has 1 heterocycles. The van der Waals surface area contributed by atoms with E-state index in [2.05, 4.69) is 10.3 Å². The normalized spacial score (nSPS) is 16.6.